The van der Waals surface area contributed by atoms with Crippen LogP contribution < -0.4 is 16.4 Å². The largest absolute Gasteiger partial charge is 0.506 e. The molecule has 2 bridgehead atoms. The maximum Gasteiger partial charge on any atom is 0.405 e. The van der Waals surface area contributed by atoms with Crippen LogP contribution in [0.5, 0.6) is 11.5 Å². The Hall–Kier alpha value is -4.46. The Kier molecular flexibility index (Phi) is 12.9. The molecule has 13 nitrogen and oxygen atoms in total. The van der Waals surface area contributed by atoms with Crippen molar-refractivity contribution in [2.45, 2.75) is 65.5 Å². The molecule has 7 N–H and O–H groups in total. The molecule has 0 radical (unpaired) electrons. The first-order chi connectivity index (χ1) is 20.6. The zero-order chi connectivity index (χ0) is 33.3. The number of phenols is 2. The van der Waals surface area contributed by atoms with Crippen LogP contribution in [0.2, 0.25) is 0 Å². The van der Waals surface area contributed by atoms with E-state index < -0.39 is 65.5 Å². The van der Waals surface area contributed by atoms with Crippen molar-refractivity contribution in [3.8, 4) is 11.5 Å². The number of aromatic hydroxyl groups is 2. The van der Waals surface area contributed by atoms with Crippen molar-refractivity contribution >= 4 is 41.1 Å². The van der Waals surface area contributed by atoms with Gasteiger partial charge < -0.3 is 45.9 Å². The summed E-state index contributed by atoms with van der Waals surface area (Å²) in [6.45, 7) is 7.65. The van der Waals surface area contributed by atoms with Gasteiger partial charge in [0.05, 0.1) is 23.6 Å². The molecule has 5 atom stereocenters. The highest BCUT2D eigenvalue weighted by Gasteiger charge is 2.29. The number of benzene rings is 1. The van der Waals surface area contributed by atoms with Crippen LogP contribution in [-0.4, -0.2) is 77.6 Å². The Labute approximate surface area is 256 Å². The van der Waals surface area contributed by atoms with E-state index in [1.807, 2.05) is 0 Å². The number of hydrogen-bond acceptors (Lipinski definition) is 10. The molecule has 240 valence electrons. The van der Waals surface area contributed by atoms with Crippen LogP contribution >= 0.6 is 0 Å². The monoisotopic (exact) mass is 615 g/mol. The highest BCUT2D eigenvalue weighted by Crippen LogP contribution is 2.42. The third-order valence-corrected chi connectivity index (χ3v) is 7.05. The van der Waals surface area contributed by atoms with Crippen LogP contribution in [-0.2, 0) is 28.6 Å². The van der Waals surface area contributed by atoms with Crippen LogP contribution in [0, 0.1) is 5.92 Å². The standard InChI is InChI=1S/C31H41N3O10/c1-15-11-20-25(34-30(40)19(5)35)22(36)14-21(27(20)38)33-29(39)16(2)9-8-10-23(42-6)28(44-31(32)41)18(4)13-17(3)26(37)24(12-15)43-7/h8-11,13-14,17,23-24,26,28,36-38H,12H2,1-7H3,(H2,32,41)(H,33,39)(H,34,40)/b10-8?,15-11+,16-9+,18-13+/t17-,23-,24-,26+,28-/m0/s1. The van der Waals surface area contributed by atoms with Crippen LogP contribution in [0.3, 0.4) is 0 Å². The minimum Gasteiger partial charge on any atom is -0.506 e. The number of aliphatic hydroxyl groups excluding tert-OH is 1. The fourth-order valence-electron chi connectivity index (χ4n) is 4.61. The van der Waals surface area contributed by atoms with Crippen LogP contribution in [0.15, 0.2) is 47.1 Å². The van der Waals surface area contributed by atoms with Crippen LogP contribution in [0.25, 0.3) is 6.08 Å². The molecule has 0 aromatic heterocycles. The molecule has 1 aromatic rings. The second-order valence-electron chi connectivity index (χ2n) is 10.6. The number of methoxy groups -OCH3 is 2. The second-order valence-corrected chi connectivity index (χ2v) is 10.6. The van der Waals surface area contributed by atoms with Gasteiger partial charge in [-0.1, -0.05) is 36.8 Å². The van der Waals surface area contributed by atoms with E-state index in [9.17, 15) is 34.5 Å². The topological polar surface area (TPSA) is 207 Å². The van der Waals surface area contributed by atoms with E-state index in [0.717, 1.165) is 13.0 Å². The van der Waals surface area contributed by atoms with Crippen molar-refractivity contribution in [1.29, 1.82) is 0 Å². The van der Waals surface area contributed by atoms with Gasteiger partial charge in [-0.25, -0.2) is 4.79 Å². The number of primary amides is 1. The van der Waals surface area contributed by atoms with Gasteiger partial charge in [0.25, 0.3) is 11.8 Å². The van der Waals surface area contributed by atoms with Crippen molar-refractivity contribution in [3.05, 3.63) is 52.7 Å². The average Bonchev–Trinajstić information content (AvgIpc) is 2.95. The molecule has 0 spiro atoms. The van der Waals surface area contributed by atoms with E-state index in [1.165, 1.54) is 39.4 Å². The van der Waals surface area contributed by atoms with Gasteiger partial charge in [0, 0.05) is 44.3 Å². The molecule has 2 rings (SSSR count). The van der Waals surface area contributed by atoms with Crippen molar-refractivity contribution < 1.29 is 48.7 Å². The third kappa shape index (κ3) is 9.27. The molecule has 1 aliphatic rings. The fraction of sp³-hybridized carbons (Fsp3) is 0.419. The summed E-state index contributed by atoms with van der Waals surface area (Å²) in [5.74, 6) is -4.05. The van der Waals surface area contributed by atoms with Crippen LogP contribution in [0.4, 0.5) is 16.2 Å². The summed E-state index contributed by atoms with van der Waals surface area (Å²) in [5, 5.41) is 38.0. The van der Waals surface area contributed by atoms with Crippen molar-refractivity contribution in [1.82, 2.24) is 0 Å². The summed E-state index contributed by atoms with van der Waals surface area (Å²) >= 11 is 0. The van der Waals surface area contributed by atoms with Gasteiger partial charge in [0.15, 0.2) is 6.10 Å². The number of nitrogens with one attached hydrogen (secondary N) is 2. The zero-order valence-electron chi connectivity index (χ0n) is 25.8. The molecular weight excluding hydrogens is 574 g/mol. The van der Waals surface area contributed by atoms with Gasteiger partial charge in [-0.2, -0.15) is 0 Å². The van der Waals surface area contributed by atoms with Crippen molar-refractivity contribution in [3.63, 3.8) is 0 Å². The summed E-state index contributed by atoms with van der Waals surface area (Å²) in [5.41, 5.74) is 6.06. The molecular formula is C31H41N3O10. The first kappa shape index (κ1) is 35.7. The first-order valence-corrected chi connectivity index (χ1v) is 13.7. The Morgan fingerprint density at radius 2 is 1.77 bits per heavy atom. The minimum atomic E-state index is -1.07. The third-order valence-electron chi connectivity index (χ3n) is 7.05. The number of rotatable bonds is 5. The predicted octanol–water partition coefficient (Wildman–Crippen LogP) is 3.31. The molecule has 1 aromatic carbocycles. The number of hydrogen-bond donors (Lipinski definition) is 6. The van der Waals surface area contributed by atoms with E-state index in [2.05, 4.69) is 10.6 Å². The number of phenolic OH excluding ortho intramolecular Hbond substituents is 2. The molecule has 44 heavy (non-hydrogen) atoms. The highest BCUT2D eigenvalue weighted by molar-refractivity contribution is 6.40. The molecule has 0 aliphatic carbocycles. The molecule has 13 heteroatoms. The summed E-state index contributed by atoms with van der Waals surface area (Å²) in [4.78, 5) is 48.6. The van der Waals surface area contributed by atoms with E-state index in [0.29, 0.717) is 11.1 Å². The number of carbonyl (C=O) groups excluding carboxylic acids is 4. The van der Waals surface area contributed by atoms with Crippen molar-refractivity contribution in [2.75, 3.05) is 24.9 Å². The molecule has 0 fully saturated rings. The van der Waals surface area contributed by atoms with E-state index >= 15 is 0 Å². The Morgan fingerprint density at radius 3 is 2.34 bits per heavy atom. The predicted molar refractivity (Wildman–Crippen MR) is 164 cm³/mol. The zero-order valence-corrected chi connectivity index (χ0v) is 25.8. The number of fused-ring (bicyclic) bond motifs is 2. The Morgan fingerprint density at radius 1 is 1.11 bits per heavy atom. The number of nitrogens with two attached hydrogens (primary N) is 1. The van der Waals surface area contributed by atoms with Gasteiger partial charge in [-0.3, -0.25) is 14.4 Å². The Balaban J connectivity index is 2.78. The smallest absolute Gasteiger partial charge is 0.405 e. The SMILES string of the molecule is CO[C@H]1C=C/C=C(\C)C(=O)Nc2cc(O)c(NC(=O)C(C)=O)c(c2O)/C=C(\C)C[C@H](OC)[C@H](O)[C@@H](C)/C=C(\C)[C@@H]1OC(N)=O. The maximum atomic E-state index is 13.0. The fourth-order valence-corrected chi connectivity index (χ4v) is 4.61. The number of ether oxygens (including phenoxy) is 3. The molecule has 1 aliphatic heterocycles. The number of allylic oxidation sites excluding steroid dienone is 2. The Bertz CT molecular complexity index is 1400. The van der Waals surface area contributed by atoms with E-state index in [-0.39, 0.29) is 28.9 Å². The summed E-state index contributed by atoms with van der Waals surface area (Å²) in [6, 6.07) is 1.03. The molecule has 3 amide bonds. The quantitative estimate of drug-likeness (QED) is 0.123. The van der Waals surface area contributed by atoms with E-state index in [4.69, 9.17) is 19.9 Å². The lowest BCUT2D eigenvalue weighted by Crippen LogP contribution is -2.36. The number of ketones is 1. The number of anilines is 2. The molecule has 1 heterocycles. The molecule has 0 saturated carbocycles. The summed E-state index contributed by atoms with van der Waals surface area (Å²) < 4.78 is 16.4. The van der Waals surface area contributed by atoms with Gasteiger partial charge in [-0.15, -0.1) is 0 Å². The number of Topliss-reactive ketones (excluding diaryl/α,β-unsaturated/α-hetero) is 1. The minimum absolute atomic E-state index is 0.0886. The molecule has 0 unspecified atom stereocenters. The van der Waals surface area contributed by atoms with Gasteiger partial charge in [-0.05, 0) is 38.8 Å². The molecule has 0 saturated heterocycles. The number of aliphatic hydroxyl groups is 1. The van der Waals surface area contributed by atoms with E-state index in [1.54, 1.807) is 32.9 Å². The van der Waals surface area contributed by atoms with Gasteiger partial charge >= 0.3 is 6.09 Å². The highest BCUT2D eigenvalue weighted by atomic mass is 16.6. The van der Waals surface area contributed by atoms with Crippen molar-refractivity contribution in [2.24, 2.45) is 11.7 Å². The lowest BCUT2D eigenvalue weighted by Gasteiger charge is -2.28. The number of carbonyl (C=O) groups is 4. The average molecular weight is 616 g/mol. The maximum absolute atomic E-state index is 13.0. The normalized spacial score (nSPS) is 27.0. The second kappa shape index (κ2) is 15.8. The van der Waals surface area contributed by atoms with Crippen LogP contribution in [0.1, 0.15) is 46.6 Å². The lowest BCUT2D eigenvalue weighted by atomic mass is 9.91. The first-order valence-electron chi connectivity index (χ1n) is 13.7. The van der Waals surface area contributed by atoms with Gasteiger partial charge in [0.2, 0.25) is 5.78 Å². The summed E-state index contributed by atoms with van der Waals surface area (Å²) in [6.07, 6.45) is 3.12. The van der Waals surface area contributed by atoms with Gasteiger partial charge in [0.1, 0.15) is 17.6 Å². The lowest BCUT2D eigenvalue weighted by molar-refractivity contribution is -0.133. The summed E-state index contributed by atoms with van der Waals surface area (Å²) in [7, 11) is 2.82. The number of amides is 3.